The van der Waals surface area contributed by atoms with Crippen LogP contribution in [0.2, 0.25) is 0 Å². The third kappa shape index (κ3) is 1.04. The quantitative estimate of drug-likeness (QED) is 0.640. The lowest BCUT2D eigenvalue weighted by atomic mass is 9.87. The molecule has 1 saturated heterocycles. The van der Waals surface area contributed by atoms with Crippen LogP contribution < -0.4 is 0 Å². The number of rotatable bonds is 2. The van der Waals surface area contributed by atoms with Crippen LogP contribution in [-0.2, 0) is 14.3 Å². The zero-order chi connectivity index (χ0) is 10.3. The molecular weight excluding hydrogens is 184 g/mol. The maximum atomic E-state index is 11.7. The summed E-state index contributed by atoms with van der Waals surface area (Å²) in [4.78, 5) is 11.7. The minimum atomic E-state index is -0.892. The molecular formula is C10H12O4. The molecule has 1 spiro atoms. The van der Waals surface area contributed by atoms with Crippen molar-refractivity contribution in [1.29, 1.82) is 0 Å². The van der Waals surface area contributed by atoms with E-state index in [4.69, 9.17) is 14.6 Å². The number of carbonyl (C=O) groups excluding carboxylic acids is 1. The molecule has 0 saturated carbocycles. The summed E-state index contributed by atoms with van der Waals surface area (Å²) in [6.45, 7) is 1.63. The summed E-state index contributed by atoms with van der Waals surface area (Å²) >= 11 is 0. The van der Waals surface area contributed by atoms with E-state index in [1.165, 1.54) is 13.2 Å². The molecule has 76 valence electrons. The third-order valence-corrected chi connectivity index (χ3v) is 2.72. The van der Waals surface area contributed by atoms with E-state index < -0.39 is 5.60 Å². The molecule has 4 nitrogen and oxygen atoms in total. The number of carbonyl (C=O) groups is 1. The molecule has 0 amide bonds. The van der Waals surface area contributed by atoms with Gasteiger partial charge in [0, 0.05) is 11.6 Å². The minimum absolute atomic E-state index is 0.145. The fraction of sp³-hybridized carbons (Fsp3) is 0.500. The van der Waals surface area contributed by atoms with Gasteiger partial charge in [-0.05, 0) is 13.0 Å². The monoisotopic (exact) mass is 196 g/mol. The first-order chi connectivity index (χ1) is 6.65. The average molecular weight is 196 g/mol. The molecule has 4 heteroatoms. The maximum absolute atomic E-state index is 11.7. The Bertz CT molecular complexity index is 342. The maximum Gasteiger partial charge on any atom is 0.198 e. The van der Waals surface area contributed by atoms with E-state index in [1.807, 2.05) is 6.92 Å². The molecule has 14 heavy (non-hydrogen) atoms. The van der Waals surface area contributed by atoms with Gasteiger partial charge >= 0.3 is 0 Å². The highest BCUT2D eigenvalue weighted by atomic mass is 16.6. The fourth-order valence-corrected chi connectivity index (χ4v) is 1.84. The predicted octanol–water partition coefficient (Wildman–Crippen LogP) is 0.176. The van der Waals surface area contributed by atoms with Crippen molar-refractivity contribution in [1.82, 2.24) is 0 Å². The minimum Gasteiger partial charge on any atom is -0.497 e. The van der Waals surface area contributed by atoms with E-state index in [9.17, 15) is 4.79 Å². The summed E-state index contributed by atoms with van der Waals surface area (Å²) in [6, 6.07) is 0. The summed E-state index contributed by atoms with van der Waals surface area (Å²) in [5.41, 5.74) is -0.314. The number of hydrogen-bond acceptors (Lipinski definition) is 4. The Morgan fingerprint density at radius 2 is 2.29 bits per heavy atom. The Morgan fingerprint density at radius 3 is 2.71 bits per heavy atom. The number of aliphatic hydroxyl groups excluding tert-OH is 1. The second-order valence-electron chi connectivity index (χ2n) is 3.44. The van der Waals surface area contributed by atoms with Crippen LogP contribution in [0, 0.1) is 0 Å². The Kier molecular flexibility index (Phi) is 1.97. The molecule has 0 aromatic carbocycles. The summed E-state index contributed by atoms with van der Waals surface area (Å²) < 4.78 is 10.2. The van der Waals surface area contributed by atoms with Crippen LogP contribution in [0.5, 0.6) is 0 Å². The number of epoxide rings is 1. The molecule has 1 aliphatic carbocycles. The summed E-state index contributed by atoms with van der Waals surface area (Å²) in [5, 5.41) is 9.13. The van der Waals surface area contributed by atoms with Crippen LogP contribution >= 0.6 is 0 Å². The number of hydrogen-bond donors (Lipinski definition) is 1. The summed E-state index contributed by atoms with van der Waals surface area (Å²) in [5.74, 6) is 0.320. The van der Waals surface area contributed by atoms with Crippen LogP contribution in [0.4, 0.5) is 0 Å². The van der Waals surface area contributed by atoms with Crippen LogP contribution in [0.3, 0.4) is 0 Å². The molecule has 0 bridgehead atoms. The lowest BCUT2D eigenvalue weighted by Gasteiger charge is -2.17. The molecule has 1 fully saturated rings. The molecule has 1 N–H and O–H groups in total. The molecule has 0 aromatic heterocycles. The first-order valence-corrected chi connectivity index (χ1v) is 4.45. The number of aliphatic hydroxyl groups is 1. The van der Waals surface area contributed by atoms with E-state index in [0.29, 0.717) is 11.3 Å². The van der Waals surface area contributed by atoms with Gasteiger partial charge in [0.25, 0.3) is 0 Å². The number of methoxy groups -OCH3 is 1. The van der Waals surface area contributed by atoms with Crippen LogP contribution in [-0.4, -0.2) is 36.3 Å². The second kappa shape index (κ2) is 2.93. The molecule has 2 atom stereocenters. The summed E-state index contributed by atoms with van der Waals surface area (Å²) in [7, 11) is 1.49. The lowest BCUT2D eigenvalue weighted by molar-refractivity contribution is -0.118. The first-order valence-electron chi connectivity index (χ1n) is 4.45. The predicted molar refractivity (Wildman–Crippen MR) is 48.5 cm³/mol. The molecule has 2 aliphatic rings. The molecule has 0 radical (unpaired) electrons. The largest absolute Gasteiger partial charge is 0.497 e. The fourth-order valence-electron chi connectivity index (χ4n) is 1.84. The van der Waals surface area contributed by atoms with Crippen LogP contribution in [0.15, 0.2) is 23.5 Å². The molecule has 2 rings (SSSR count). The topological polar surface area (TPSA) is 59.1 Å². The Morgan fingerprint density at radius 1 is 1.64 bits per heavy atom. The number of ketones is 1. The zero-order valence-electron chi connectivity index (χ0n) is 8.11. The average Bonchev–Trinajstić information content (AvgIpc) is 2.84. The smallest absolute Gasteiger partial charge is 0.198 e. The van der Waals surface area contributed by atoms with Gasteiger partial charge in [0.2, 0.25) is 0 Å². The van der Waals surface area contributed by atoms with Gasteiger partial charge in [-0.3, -0.25) is 4.79 Å². The normalized spacial score (nSPS) is 35.4. The van der Waals surface area contributed by atoms with Crippen molar-refractivity contribution in [3.8, 4) is 0 Å². The van der Waals surface area contributed by atoms with Crippen LogP contribution in [0.25, 0.3) is 0 Å². The number of allylic oxidation sites excluding steroid dienone is 1. The highest BCUT2D eigenvalue weighted by molar-refractivity contribution is 6.04. The SMILES string of the molecule is COC1=CC(=O)C2(OC2C)C(CO)=C1. The third-order valence-electron chi connectivity index (χ3n) is 2.72. The van der Waals surface area contributed by atoms with E-state index in [-0.39, 0.29) is 18.5 Å². The second-order valence-corrected chi connectivity index (χ2v) is 3.44. The van der Waals surface area contributed by atoms with Gasteiger partial charge in [-0.2, -0.15) is 0 Å². The van der Waals surface area contributed by atoms with E-state index >= 15 is 0 Å². The standard InChI is InChI=1S/C10H12O4/c1-6-10(14-6)7(5-11)3-8(13-2)4-9(10)12/h3-4,6,11H,5H2,1-2H3. The molecule has 0 aromatic rings. The van der Waals surface area contributed by atoms with Crippen LogP contribution in [0.1, 0.15) is 6.92 Å². The van der Waals surface area contributed by atoms with Crippen molar-refractivity contribution in [2.24, 2.45) is 0 Å². The number of ether oxygens (including phenoxy) is 2. The zero-order valence-corrected chi connectivity index (χ0v) is 8.11. The highest BCUT2D eigenvalue weighted by Crippen LogP contribution is 2.46. The van der Waals surface area contributed by atoms with Gasteiger partial charge in [-0.25, -0.2) is 0 Å². The van der Waals surface area contributed by atoms with E-state index in [0.717, 1.165) is 0 Å². The van der Waals surface area contributed by atoms with Gasteiger partial charge in [0.05, 0.1) is 19.8 Å². The van der Waals surface area contributed by atoms with Gasteiger partial charge < -0.3 is 14.6 Å². The Balaban J connectivity index is 2.37. The Hall–Kier alpha value is -1.13. The van der Waals surface area contributed by atoms with E-state index in [1.54, 1.807) is 6.08 Å². The first kappa shape index (κ1) is 9.43. The van der Waals surface area contributed by atoms with Gasteiger partial charge in [0.15, 0.2) is 11.4 Å². The highest BCUT2D eigenvalue weighted by Gasteiger charge is 2.62. The van der Waals surface area contributed by atoms with Crippen molar-refractivity contribution in [3.63, 3.8) is 0 Å². The lowest BCUT2D eigenvalue weighted by Crippen LogP contribution is -2.32. The van der Waals surface area contributed by atoms with Gasteiger partial charge in [-0.1, -0.05) is 0 Å². The van der Waals surface area contributed by atoms with Gasteiger partial charge in [0.1, 0.15) is 5.76 Å². The van der Waals surface area contributed by atoms with Crippen molar-refractivity contribution < 1.29 is 19.4 Å². The summed E-state index contributed by atoms with van der Waals surface area (Å²) in [6.07, 6.45) is 2.91. The van der Waals surface area contributed by atoms with Crippen molar-refractivity contribution in [2.45, 2.75) is 18.6 Å². The molecule has 1 heterocycles. The Labute approximate surface area is 81.8 Å². The molecule has 1 aliphatic heterocycles. The van der Waals surface area contributed by atoms with Crippen molar-refractivity contribution in [3.05, 3.63) is 23.5 Å². The van der Waals surface area contributed by atoms with E-state index in [2.05, 4.69) is 0 Å². The van der Waals surface area contributed by atoms with Gasteiger partial charge in [-0.15, -0.1) is 0 Å². The van der Waals surface area contributed by atoms with Crippen molar-refractivity contribution >= 4 is 5.78 Å². The molecule has 2 unspecified atom stereocenters. The van der Waals surface area contributed by atoms with Crippen molar-refractivity contribution in [2.75, 3.05) is 13.7 Å².